The van der Waals surface area contributed by atoms with Gasteiger partial charge < -0.3 is 25.3 Å². The van der Waals surface area contributed by atoms with Crippen LogP contribution in [-0.4, -0.2) is 33.3 Å². The number of hydrogen-bond donors (Lipinski definition) is 2. The molecule has 0 heterocycles. The van der Waals surface area contributed by atoms with Gasteiger partial charge in [0.2, 0.25) is 5.91 Å². The number of allylic oxidation sites excluding steroid dienone is 1. The summed E-state index contributed by atoms with van der Waals surface area (Å²) in [6.45, 7) is 2.82. The molecule has 0 unspecified atom stereocenters. The molecule has 0 radical (unpaired) electrons. The van der Waals surface area contributed by atoms with Gasteiger partial charge >= 0.3 is 0 Å². The molecule has 8 heteroatoms. The van der Waals surface area contributed by atoms with E-state index < -0.39 is 0 Å². The summed E-state index contributed by atoms with van der Waals surface area (Å²) in [5.74, 6) is 1.58. The van der Waals surface area contributed by atoms with E-state index in [-0.39, 0.29) is 18.3 Å². The zero-order chi connectivity index (χ0) is 21.9. The van der Waals surface area contributed by atoms with Crippen LogP contribution in [0.25, 0.3) is 5.57 Å². The van der Waals surface area contributed by atoms with Crippen molar-refractivity contribution in [1.29, 1.82) is 5.26 Å². The van der Waals surface area contributed by atoms with E-state index in [2.05, 4.69) is 11.4 Å². The van der Waals surface area contributed by atoms with Crippen molar-refractivity contribution in [2.75, 3.05) is 32.7 Å². The van der Waals surface area contributed by atoms with Crippen molar-refractivity contribution in [3.8, 4) is 23.3 Å². The lowest BCUT2D eigenvalue weighted by atomic mass is 9.96. The molecular formula is C23H28ClN3O4. The highest BCUT2D eigenvalue weighted by Crippen LogP contribution is 2.35. The Bertz CT molecular complexity index is 954. The highest BCUT2D eigenvalue weighted by atomic mass is 35.5. The number of amides is 1. The van der Waals surface area contributed by atoms with E-state index in [1.807, 2.05) is 25.1 Å². The van der Waals surface area contributed by atoms with Crippen molar-refractivity contribution in [3.05, 3.63) is 53.6 Å². The summed E-state index contributed by atoms with van der Waals surface area (Å²) < 4.78 is 16.4. The summed E-state index contributed by atoms with van der Waals surface area (Å²) in [6.07, 6.45) is 2.37. The number of methoxy groups -OCH3 is 2. The highest BCUT2D eigenvalue weighted by Gasteiger charge is 2.14. The second-order valence-electron chi connectivity index (χ2n) is 6.34. The Labute approximate surface area is 189 Å². The average Bonchev–Trinajstić information content (AvgIpc) is 2.76. The van der Waals surface area contributed by atoms with E-state index in [9.17, 15) is 10.1 Å². The Hall–Kier alpha value is -3.21. The average molecular weight is 446 g/mol. The summed E-state index contributed by atoms with van der Waals surface area (Å²) in [6, 6.07) is 13.0. The molecule has 0 saturated heterocycles. The lowest BCUT2D eigenvalue weighted by Crippen LogP contribution is -2.14. The van der Waals surface area contributed by atoms with Crippen molar-refractivity contribution in [2.45, 2.75) is 19.8 Å². The smallest absolute Gasteiger partial charge is 0.224 e. The zero-order valence-electron chi connectivity index (χ0n) is 17.9. The highest BCUT2D eigenvalue weighted by molar-refractivity contribution is 5.94. The number of nitrogens with two attached hydrogens (primary N) is 1. The van der Waals surface area contributed by atoms with E-state index >= 15 is 0 Å². The maximum Gasteiger partial charge on any atom is 0.224 e. The standard InChI is InChI=1S/C23H27N3O4.ClH/c1-4-30-22-15-17(8-10-21(22)29-3)18(11-13-25)16-7-9-20(28-2)19(14-16)26-23(27)6-5-12-24;/h7-11,14-15H,4-6,12,24H2,1-3H3,(H,26,27);1H/b18-11-;. The van der Waals surface area contributed by atoms with Gasteiger partial charge in [0, 0.05) is 12.5 Å². The second kappa shape index (κ2) is 13.2. The molecule has 0 atom stereocenters. The van der Waals surface area contributed by atoms with Crippen LogP contribution in [0, 0.1) is 11.3 Å². The van der Waals surface area contributed by atoms with Crippen molar-refractivity contribution in [3.63, 3.8) is 0 Å². The Morgan fingerprint density at radius 3 is 2.32 bits per heavy atom. The van der Waals surface area contributed by atoms with Crippen LogP contribution in [0.4, 0.5) is 5.69 Å². The number of carbonyl (C=O) groups is 1. The molecule has 1 amide bonds. The lowest BCUT2D eigenvalue weighted by molar-refractivity contribution is -0.116. The SMILES string of the molecule is CCOc1cc(/C(=C\C#N)c2ccc(OC)c(NC(=O)CCCN)c2)ccc1OC.Cl. The molecule has 166 valence electrons. The quantitative estimate of drug-likeness (QED) is 0.532. The number of rotatable bonds is 10. The number of carbonyl (C=O) groups excluding carboxylic acids is 1. The molecule has 2 rings (SSSR count). The first-order valence-electron chi connectivity index (χ1n) is 9.67. The van der Waals surface area contributed by atoms with Gasteiger partial charge in [0.15, 0.2) is 11.5 Å². The molecule has 0 aliphatic carbocycles. The van der Waals surface area contributed by atoms with Crippen LogP contribution in [0.1, 0.15) is 30.9 Å². The predicted octanol–water partition coefficient (Wildman–Crippen LogP) is 4.16. The van der Waals surface area contributed by atoms with Crippen LogP contribution >= 0.6 is 12.4 Å². The fourth-order valence-electron chi connectivity index (χ4n) is 2.96. The number of hydrogen-bond acceptors (Lipinski definition) is 6. The minimum Gasteiger partial charge on any atom is -0.495 e. The van der Waals surface area contributed by atoms with Gasteiger partial charge in [-0.2, -0.15) is 5.26 Å². The summed E-state index contributed by atoms with van der Waals surface area (Å²) in [4.78, 5) is 12.2. The normalized spacial score (nSPS) is 10.5. The van der Waals surface area contributed by atoms with Gasteiger partial charge in [0.1, 0.15) is 5.75 Å². The Morgan fingerprint density at radius 1 is 1.10 bits per heavy atom. The summed E-state index contributed by atoms with van der Waals surface area (Å²) >= 11 is 0. The number of benzene rings is 2. The molecular weight excluding hydrogens is 418 g/mol. The summed E-state index contributed by atoms with van der Waals surface area (Å²) in [7, 11) is 3.11. The topological polar surface area (TPSA) is 107 Å². The van der Waals surface area contributed by atoms with Gasteiger partial charge in [-0.05, 0) is 60.9 Å². The molecule has 0 fully saturated rings. The minimum absolute atomic E-state index is 0. The number of ether oxygens (including phenoxy) is 3. The van der Waals surface area contributed by atoms with Crippen LogP contribution in [0.3, 0.4) is 0 Å². The Morgan fingerprint density at radius 2 is 1.74 bits per heavy atom. The fourth-order valence-corrected chi connectivity index (χ4v) is 2.96. The first-order valence-corrected chi connectivity index (χ1v) is 9.67. The van der Waals surface area contributed by atoms with Crippen LogP contribution in [0.15, 0.2) is 42.5 Å². The Kier molecular flexibility index (Phi) is 11.0. The van der Waals surface area contributed by atoms with Crippen molar-refractivity contribution in [2.24, 2.45) is 5.73 Å². The monoisotopic (exact) mass is 445 g/mol. The van der Waals surface area contributed by atoms with E-state index in [4.69, 9.17) is 19.9 Å². The predicted molar refractivity (Wildman–Crippen MR) is 124 cm³/mol. The second-order valence-corrected chi connectivity index (χ2v) is 6.34. The largest absolute Gasteiger partial charge is 0.495 e. The maximum atomic E-state index is 12.2. The minimum atomic E-state index is -0.148. The summed E-state index contributed by atoms with van der Waals surface area (Å²) in [5, 5.41) is 12.2. The number of nitrogens with zero attached hydrogens (tertiary/aromatic N) is 1. The summed E-state index contributed by atoms with van der Waals surface area (Å²) in [5.41, 5.74) is 8.22. The molecule has 2 aromatic rings. The number of halogens is 1. The lowest BCUT2D eigenvalue weighted by Gasteiger charge is -2.15. The zero-order valence-corrected chi connectivity index (χ0v) is 18.8. The van der Waals surface area contributed by atoms with Crippen molar-refractivity contribution < 1.29 is 19.0 Å². The molecule has 2 aromatic carbocycles. The van der Waals surface area contributed by atoms with Gasteiger partial charge in [-0.3, -0.25) is 4.79 Å². The van der Waals surface area contributed by atoms with E-state index in [1.165, 1.54) is 13.2 Å². The first kappa shape index (κ1) is 25.8. The van der Waals surface area contributed by atoms with Crippen molar-refractivity contribution >= 4 is 29.6 Å². The third-order valence-corrected chi connectivity index (χ3v) is 4.38. The van der Waals surface area contributed by atoms with E-state index in [1.54, 1.807) is 25.3 Å². The van der Waals surface area contributed by atoms with E-state index in [0.717, 1.165) is 11.1 Å². The van der Waals surface area contributed by atoms with E-state index in [0.29, 0.717) is 54.5 Å². The molecule has 0 spiro atoms. The third kappa shape index (κ3) is 6.92. The van der Waals surface area contributed by atoms with Gasteiger partial charge in [-0.1, -0.05) is 12.1 Å². The van der Waals surface area contributed by atoms with Crippen LogP contribution in [-0.2, 0) is 4.79 Å². The van der Waals surface area contributed by atoms with Gasteiger partial charge in [-0.15, -0.1) is 12.4 Å². The van der Waals surface area contributed by atoms with Crippen LogP contribution < -0.4 is 25.3 Å². The Balaban J connectivity index is 0.00000480. The maximum absolute atomic E-state index is 12.2. The molecule has 0 bridgehead atoms. The van der Waals surface area contributed by atoms with Gasteiger partial charge in [0.05, 0.1) is 32.6 Å². The molecule has 0 aromatic heterocycles. The van der Waals surface area contributed by atoms with Crippen molar-refractivity contribution in [1.82, 2.24) is 0 Å². The fraction of sp³-hybridized carbons (Fsp3) is 0.304. The van der Waals surface area contributed by atoms with Gasteiger partial charge in [-0.25, -0.2) is 0 Å². The molecule has 0 aliphatic rings. The molecule has 3 N–H and O–H groups in total. The molecule has 0 saturated carbocycles. The molecule has 7 nitrogen and oxygen atoms in total. The number of nitriles is 1. The third-order valence-electron chi connectivity index (χ3n) is 4.38. The van der Waals surface area contributed by atoms with Gasteiger partial charge in [0.25, 0.3) is 0 Å². The van der Waals surface area contributed by atoms with Crippen LogP contribution in [0.5, 0.6) is 17.2 Å². The number of nitrogens with one attached hydrogen (secondary N) is 1. The number of anilines is 1. The van der Waals surface area contributed by atoms with Crippen LogP contribution in [0.2, 0.25) is 0 Å². The molecule has 31 heavy (non-hydrogen) atoms. The first-order chi connectivity index (χ1) is 14.6. The molecule has 0 aliphatic heterocycles.